The zero-order chi connectivity index (χ0) is 14.5. The Balaban J connectivity index is 2.16. The molecule has 0 aliphatic rings. The van der Waals surface area contributed by atoms with Crippen molar-refractivity contribution >= 4 is 21.6 Å². The summed E-state index contributed by atoms with van der Waals surface area (Å²) in [6.07, 6.45) is 0. The van der Waals surface area contributed by atoms with Gasteiger partial charge in [0.15, 0.2) is 5.75 Å². The maximum absolute atomic E-state index is 11.0. The quantitative estimate of drug-likeness (QED) is 0.612. The van der Waals surface area contributed by atoms with Crippen LogP contribution in [-0.2, 0) is 6.61 Å². The molecule has 2 aromatic carbocycles. The van der Waals surface area contributed by atoms with Crippen molar-refractivity contribution in [2.45, 2.75) is 6.61 Å². The highest BCUT2D eigenvalue weighted by Crippen LogP contribution is 2.30. The van der Waals surface area contributed by atoms with Gasteiger partial charge >= 0.3 is 5.69 Å². The van der Waals surface area contributed by atoms with Crippen LogP contribution in [0.25, 0.3) is 0 Å². The van der Waals surface area contributed by atoms with Gasteiger partial charge in [-0.05, 0) is 29.8 Å². The fourth-order valence-corrected chi connectivity index (χ4v) is 2.03. The maximum atomic E-state index is 11.0. The third-order valence-corrected chi connectivity index (χ3v) is 3.14. The van der Waals surface area contributed by atoms with Crippen molar-refractivity contribution in [2.24, 2.45) is 0 Å². The van der Waals surface area contributed by atoms with Gasteiger partial charge in [0.25, 0.3) is 0 Å². The molecular weight excluding hydrogens is 326 g/mol. The van der Waals surface area contributed by atoms with Gasteiger partial charge < -0.3 is 9.47 Å². The number of ether oxygens (including phenoxy) is 2. The Morgan fingerprint density at radius 2 is 2.05 bits per heavy atom. The van der Waals surface area contributed by atoms with E-state index in [-0.39, 0.29) is 18.0 Å². The number of methoxy groups -OCH3 is 1. The molecule has 0 spiro atoms. The van der Waals surface area contributed by atoms with E-state index in [0.717, 1.165) is 11.3 Å². The lowest BCUT2D eigenvalue weighted by Crippen LogP contribution is -1.99. The van der Waals surface area contributed by atoms with Crippen molar-refractivity contribution in [3.05, 3.63) is 62.6 Å². The molecule has 0 saturated heterocycles. The molecule has 20 heavy (non-hydrogen) atoms. The smallest absolute Gasteiger partial charge is 0.312 e. The van der Waals surface area contributed by atoms with E-state index in [1.807, 2.05) is 24.3 Å². The molecule has 0 saturated carbocycles. The van der Waals surface area contributed by atoms with E-state index in [0.29, 0.717) is 4.47 Å². The number of halogens is 1. The first-order valence-electron chi connectivity index (χ1n) is 5.80. The third-order valence-electron chi connectivity index (χ3n) is 2.65. The molecule has 2 rings (SSSR count). The van der Waals surface area contributed by atoms with Gasteiger partial charge in [0, 0.05) is 10.5 Å². The van der Waals surface area contributed by atoms with E-state index in [4.69, 9.17) is 9.47 Å². The van der Waals surface area contributed by atoms with Crippen molar-refractivity contribution < 1.29 is 14.4 Å². The van der Waals surface area contributed by atoms with Crippen molar-refractivity contribution in [3.63, 3.8) is 0 Å². The predicted molar refractivity (Wildman–Crippen MR) is 78.1 cm³/mol. The zero-order valence-corrected chi connectivity index (χ0v) is 12.3. The summed E-state index contributed by atoms with van der Waals surface area (Å²) in [4.78, 5) is 10.5. The fourth-order valence-electron chi connectivity index (χ4n) is 1.68. The molecule has 0 unspecified atom stereocenters. The van der Waals surface area contributed by atoms with Gasteiger partial charge in [-0.3, -0.25) is 10.1 Å². The van der Waals surface area contributed by atoms with E-state index < -0.39 is 4.92 Å². The summed E-state index contributed by atoms with van der Waals surface area (Å²) in [6, 6.07) is 12.0. The summed E-state index contributed by atoms with van der Waals surface area (Å²) in [7, 11) is 1.58. The third kappa shape index (κ3) is 3.48. The van der Waals surface area contributed by atoms with Crippen LogP contribution >= 0.6 is 15.9 Å². The monoisotopic (exact) mass is 337 g/mol. The number of benzene rings is 2. The van der Waals surface area contributed by atoms with Gasteiger partial charge in [-0.15, -0.1) is 0 Å². The molecule has 0 radical (unpaired) electrons. The van der Waals surface area contributed by atoms with Crippen LogP contribution in [0.1, 0.15) is 5.56 Å². The van der Waals surface area contributed by atoms with Crippen molar-refractivity contribution in [1.82, 2.24) is 0 Å². The average Bonchev–Trinajstić information content (AvgIpc) is 2.46. The van der Waals surface area contributed by atoms with Crippen LogP contribution in [-0.4, -0.2) is 12.0 Å². The molecule has 5 nitrogen and oxygen atoms in total. The Morgan fingerprint density at radius 3 is 2.75 bits per heavy atom. The highest BCUT2D eigenvalue weighted by atomic mass is 79.9. The van der Waals surface area contributed by atoms with Crippen LogP contribution in [0, 0.1) is 10.1 Å². The largest absolute Gasteiger partial charge is 0.497 e. The number of hydrogen-bond donors (Lipinski definition) is 0. The topological polar surface area (TPSA) is 61.6 Å². The average molecular weight is 338 g/mol. The Labute approximate surface area is 124 Å². The van der Waals surface area contributed by atoms with Gasteiger partial charge in [-0.1, -0.05) is 28.1 Å². The molecule has 0 amide bonds. The molecule has 0 aliphatic carbocycles. The predicted octanol–water partition coefficient (Wildman–Crippen LogP) is 3.94. The lowest BCUT2D eigenvalue weighted by atomic mass is 10.2. The summed E-state index contributed by atoms with van der Waals surface area (Å²) in [5.74, 6) is 0.956. The lowest BCUT2D eigenvalue weighted by molar-refractivity contribution is -0.386. The molecule has 6 heteroatoms. The molecule has 0 N–H and O–H groups in total. The number of nitrogens with zero attached hydrogens (tertiary/aromatic N) is 1. The number of nitro groups is 1. The molecule has 0 bridgehead atoms. The normalized spacial score (nSPS) is 10.1. The summed E-state index contributed by atoms with van der Waals surface area (Å²) in [6.45, 7) is 0.236. The standard InChI is InChI=1S/C14H12BrNO4/c1-19-12-4-2-3-10(7-12)9-20-14-6-5-11(15)8-13(14)16(17)18/h2-8H,9H2,1H3. The lowest BCUT2D eigenvalue weighted by Gasteiger charge is -2.08. The van der Waals surface area contributed by atoms with E-state index >= 15 is 0 Å². The minimum atomic E-state index is -0.467. The van der Waals surface area contributed by atoms with Crippen molar-refractivity contribution in [1.29, 1.82) is 0 Å². The van der Waals surface area contributed by atoms with Crippen LogP contribution in [0.5, 0.6) is 11.5 Å². The molecule has 0 aliphatic heterocycles. The molecule has 0 heterocycles. The molecular formula is C14H12BrNO4. The molecule has 0 fully saturated rings. The Kier molecular flexibility index (Phi) is 4.57. The number of nitro benzene ring substituents is 1. The maximum Gasteiger partial charge on any atom is 0.312 e. The SMILES string of the molecule is COc1cccc(COc2ccc(Br)cc2[N+](=O)[O-])c1. The van der Waals surface area contributed by atoms with Gasteiger partial charge in [-0.2, -0.15) is 0 Å². The number of hydrogen-bond acceptors (Lipinski definition) is 4. The van der Waals surface area contributed by atoms with Crippen LogP contribution in [0.4, 0.5) is 5.69 Å². The van der Waals surface area contributed by atoms with E-state index in [9.17, 15) is 10.1 Å². The fraction of sp³-hybridized carbons (Fsp3) is 0.143. The summed E-state index contributed by atoms with van der Waals surface area (Å²) in [5, 5.41) is 11.0. The van der Waals surface area contributed by atoms with Crippen LogP contribution in [0.3, 0.4) is 0 Å². The second-order valence-electron chi connectivity index (χ2n) is 4.01. The second kappa shape index (κ2) is 6.38. The summed E-state index contributed by atoms with van der Waals surface area (Å²) in [5.41, 5.74) is 0.809. The van der Waals surface area contributed by atoms with E-state index in [1.54, 1.807) is 19.2 Å². The van der Waals surface area contributed by atoms with Crippen LogP contribution in [0.15, 0.2) is 46.9 Å². The molecule has 104 valence electrons. The Bertz CT molecular complexity index is 630. The van der Waals surface area contributed by atoms with Crippen molar-refractivity contribution in [2.75, 3.05) is 7.11 Å². The van der Waals surface area contributed by atoms with Crippen molar-refractivity contribution in [3.8, 4) is 11.5 Å². The minimum Gasteiger partial charge on any atom is -0.497 e. The van der Waals surface area contributed by atoms with E-state index in [1.165, 1.54) is 6.07 Å². The summed E-state index contributed by atoms with van der Waals surface area (Å²) >= 11 is 3.20. The first-order valence-corrected chi connectivity index (χ1v) is 6.59. The Morgan fingerprint density at radius 1 is 1.25 bits per heavy atom. The first-order chi connectivity index (χ1) is 9.60. The van der Waals surface area contributed by atoms with E-state index in [2.05, 4.69) is 15.9 Å². The van der Waals surface area contributed by atoms with Gasteiger partial charge in [-0.25, -0.2) is 0 Å². The zero-order valence-electron chi connectivity index (χ0n) is 10.7. The molecule has 0 atom stereocenters. The molecule has 0 aromatic heterocycles. The highest BCUT2D eigenvalue weighted by Gasteiger charge is 2.15. The second-order valence-corrected chi connectivity index (χ2v) is 4.93. The summed E-state index contributed by atoms with van der Waals surface area (Å²) < 4.78 is 11.3. The van der Waals surface area contributed by atoms with Gasteiger partial charge in [0.2, 0.25) is 0 Å². The van der Waals surface area contributed by atoms with Crippen LogP contribution in [0.2, 0.25) is 0 Å². The first kappa shape index (κ1) is 14.3. The van der Waals surface area contributed by atoms with Gasteiger partial charge in [0.1, 0.15) is 12.4 Å². The minimum absolute atomic E-state index is 0.0673. The van der Waals surface area contributed by atoms with Gasteiger partial charge in [0.05, 0.1) is 12.0 Å². The highest BCUT2D eigenvalue weighted by molar-refractivity contribution is 9.10. The van der Waals surface area contributed by atoms with Crippen LogP contribution < -0.4 is 9.47 Å². The molecule has 2 aromatic rings. The number of rotatable bonds is 5. The Hall–Kier alpha value is -2.08.